The predicted octanol–water partition coefficient (Wildman–Crippen LogP) is 3.99. The first kappa shape index (κ1) is 39.6. The van der Waals surface area contributed by atoms with Gasteiger partial charge in [-0.25, -0.2) is 0 Å². The van der Waals surface area contributed by atoms with Crippen LogP contribution in [0.5, 0.6) is 86.2 Å². The first-order valence-corrected chi connectivity index (χ1v) is 19.1. The van der Waals surface area contributed by atoms with Gasteiger partial charge in [0.25, 0.3) is 11.6 Å². The van der Waals surface area contributed by atoms with Crippen LogP contribution in [0, 0.1) is 0 Å². The summed E-state index contributed by atoms with van der Waals surface area (Å²) in [6, 6.07) is 15.0. The van der Waals surface area contributed by atoms with Gasteiger partial charge in [0, 0.05) is 53.1 Å². The van der Waals surface area contributed by atoms with Crippen molar-refractivity contribution < 1.29 is 98.6 Å². The Morgan fingerprint density at radius 1 is 0.409 bits per heavy atom. The van der Waals surface area contributed by atoms with E-state index in [1.807, 2.05) is 0 Å². The summed E-state index contributed by atoms with van der Waals surface area (Å²) < 4.78 is 42.6. The van der Waals surface area contributed by atoms with Gasteiger partial charge < -0.3 is 89.0 Å². The maximum atomic E-state index is 14.6. The molecule has 4 aliphatic rings. The van der Waals surface area contributed by atoms with Gasteiger partial charge in [0.2, 0.25) is 11.2 Å². The van der Waals surface area contributed by atoms with Crippen molar-refractivity contribution in [3.8, 4) is 97.6 Å². The molecular weight excluding hydrogens is 876 g/mol. The number of hydrogen-bond donors (Lipinski definition) is 11. The summed E-state index contributed by atoms with van der Waals surface area (Å²) in [7, 11) is 0. The molecule has 66 heavy (non-hydrogen) atoms. The lowest BCUT2D eigenvalue weighted by molar-refractivity contribution is -0.319. The summed E-state index contributed by atoms with van der Waals surface area (Å²) in [4.78, 5) is 42.2. The summed E-state index contributed by atoms with van der Waals surface area (Å²) in [6.07, 6.45) is 0. The van der Waals surface area contributed by atoms with Crippen LogP contribution in [0.2, 0.25) is 0 Å². The van der Waals surface area contributed by atoms with Gasteiger partial charge in [-0.1, -0.05) is 0 Å². The lowest BCUT2D eigenvalue weighted by atomic mass is 9.84. The second-order valence-corrected chi connectivity index (χ2v) is 15.4. The molecule has 0 saturated heterocycles. The van der Waals surface area contributed by atoms with E-state index in [0.29, 0.717) is 0 Å². The van der Waals surface area contributed by atoms with Gasteiger partial charge in [-0.3, -0.25) is 14.4 Å². The number of ether oxygens (including phenoxy) is 6. The molecule has 21 heteroatoms. The molecule has 5 heterocycles. The van der Waals surface area contributed by atoms with E-state index in [0.717, 1.165) is 78.9 Å². The average Bonchev–Trinajstić information content (AvgIpc) is 3.24. The third kappa shape index (κ3) is 5.02. The standard InChI is InChI=1S/C45H26O21/c46-19-10-24(51)34-31(13-19)60-39(38(55)37(34)54)16-1-5-27-29(7-16)61-43(59)41(57)36-26(53)12-21(48)15-33(36)66-45(43,63-27)18-3-6-28-30(9-18)62-42(58)40(56)35-25(52)11-20(47)14-32(35)65-44(42,64-28)17-2-4-22(49)23(50)8-17/h1-15,46-53,55,58-59H/t42-,43-,44+,45+/m0/s1. The number of carbonyl (C=O) groups is 2. The van der Waals surface area contributed by atoms with Crippen LogP contribution in [-0.4, -0.2) is 79.3 Å². The smallest absolute Gasteiger partial charge is 0.357 e. The number of rotatable bonds is 3. The average molecular weight is 903 g/mol. The molecule has 332 valence electrons. The maximum absolute atomic E-state index is 14.6. The summed E-state index contributed by atoms with van der Waals surface area (Å²) in [5.41, 5.74) is -3.69. The van der Waals surface area contributed by atoms with Crippen LogP contribution in [0.25, 0.3) is 22.3 Å². The van der Waals surface area contributed by atoms with E-state index in [1.54, 1.807) is 0 Å². The van der Waals surface area contributed by atoms with Crippen molar-refractivity contribution in [2.75, 3.05) is 0 Å². The van der Waals surface area contributed by atoms with E-state index in [-0.39, 0.29) is 28.2 Å². The highest BCUT2D eigenvalue weighted by Gasteiger charge is 2.73. The Morgan fingerprint density at radius 3 is 1.47 bits per heavy atom. The fourth-order valence-electron chi connectivity index (χ4n) is 8.43. The Morgan fingerprint density at radius 2 is 0.894 bits per heavy atom. The molecule has 11 rings (SSSR count). The first-order valence-electron chi connectivity index (χ1n) is 19.1. The van der Waals surface area contributed by atoms with E-state index >= 15 is 0 Å². The summed E-state index contributed by atoms with van der Waals surface area (Å²) in [5, 5.41) is 119. The number of hydrogen-bond acceptors (Lipinski definition) is 21. The van der Waals surface area contributed by atoms with Crippen LogP contribution in [0.1, 0.15) is 31.8 Å². The summed E-state index contributed by atoms with van der Waals surface area (Å²) in [5.74, 6) is -25.0. The van der Waals surface area contributed by atoms with Gasteiger partial charge in [0.1, 0.15) is 68.1 Å². The minimum atomic E-state index is -3.39. The molecule has 0 amide bonds. The zero-order valence-electron chi connectivity index (χ0n) is 32.7. The predicted molar refractivity (Wildman–Crippen MR) is 214 cm³/mol. The Bertz CT molecular complexity index is 3450. The van der Waals surface area contributed by atoms with Gasteiger partial charge in [-0.15, -0.1) is 0 Å². The topological polar surface area (TPSA) is 342 Å². The van der Waals surface area contributed by atoms with Crippen molar-refractivity contribution in [2.45, 2.75) is 23.1 Å². The zero-order valence-corrected chi connectivity index (χ0v) is 32.7. The van der Waals surface area contributed by atoms with Crippen molar-refractivity contribution in [1.29, 1.82) is 0 Å². The molecule has 4 aliphatic heterocycles. The number of benzene rings is 6. The fraction of sp³-hybridized carbons (Fsp3) is 0.0889. The lowest BCUT2D eigenvalue weighted by Crippen LogP contribution is -2.71. The monoisotopic (exact) mass is 902 g/mol. The van der Waals surface area contributed by atoms with Gasteiger partial charge in [0.05, 0.1) is 0 Å². The van der Waals surface area contributed by atoms with Crippen molar-refractivity contribution in [3.05, 3.63) is 123 Å². The molecule has 0 bridgehead atoms. The highest BCUT2D eigenvalue weighted by Crippen LogP contribution is 2.59. The van der Waals surface area contributed by atoms with Crippen LogP contribution in [-0.2, 0) is 11.6 Å². The molecule has 0 spiro atoms. The molecular formula is C45H26O21. The molecule has 0 saturated carbocycles. The van der Waals surface area contributed by atoms with Gasteiger partial charge in [-0.2, -0.15) is 0 Å². The Balaban J connectivity index is 1.08. The Hall–Kier alpha value is -9.21. The lowest BCUT2D eigenvalue weighted by Gasteiger charge is -2.51. The van der Waals surface area contributed by atoms with Gasteiger partial charge in [-0.05, 0) is 54.6 Å². The van der Waals surface area contributed by atoms with Crippen LogP contribution < -0.4 is 33.8 Å². The number of aliphatic hydroxyl groups is 2. The van der Waals surface area contributed by atoms with Gasteiger partial charge >= 0.3 is 23.1 Å². The second kappa shape index (κ2) is 12.7. The summed E-state index contributed by atoms with van der Waals surface area (Å²) >= 11 is 0. The van der Waals surface area contributed by atoms with E-state index in [1.165, 1.54) is 12.1 Å². The van der Waals surface area contributed by atoms with Crippen LogP contribution >= 0.6 is 0 Å². The molecule has 4 atom stereocenters. The normalized spacial score (nSPS) is 23.1. The highest BCUT2D eigenvalue weighted by molar-refractivity contribution is 6.09. The van der Waals surface area contributed by atoms with Crippen molar-refractivity contribution in [3.63, 3.8) is 0 Å². The van der Waals surface area contributed by atoms with Gasteiger partial charge in [0.15, 0.2) is 40.3 Å². The second-order valence-electron chi connectivity index (χ2n) is 15.4. The van der Waals surface area contributed by atoms with E-state index in [9.17, 15) is 70.6 Å². The molecule has 0 fully saturated rings. The highest BCUT2D eigenvalue weighted by atomic mass is 16.8. The molecule has 7 aromatic rings. The Labute approximate surface area is 364 Å². The molecule has 1 aromatic heterocycles. The number of ketones is 2. The zero-order chi connectivity index (χ0) is 46.6. The van der Waals surface area contributed by atoms with Crippen molar-refractivity contribution >= 4 is 22.5 Å². The Kier molecular flexibility index (Phi) is 7.63. The SMILES string of the molecule is O=C1c2c(O)cc(O)cc2O[C@@]2(c3ccc4c(c3)O[C@@]3(O)C(=O)c5c(O)cc(O)cc5O[C@@]3(c3ccc(O)c(O)c3)O4)Oc3ccc(-c4oc5cc(O)cc(O)c5c(=O)c4O)cc3O[C@@]12O. The van der Waals surface area contributed by atoms with Crippen molar-refractivity contribution in [2.24, 2.45) is 0 Å². The summed E-state index contributed by atoms with van der Waals surface area (Å²) in [6.45, 7) is 0. The molecule has 0 unspecified atom stereocenters. The van der Waals surface area contributed by atoms with Crippen LogP contribution in [0.15, 0.2) is 100 Å². The van der Waals surface area contributed by atoms with E-state index < -0.39 is 143 Å². The minimum Gasteiger partial charge on any atom is -0.508 e. The number of phenolic OH excluding ortho intramolecular Hbond substituents is 8. The third-order valence-electron chi connectivity index (χ3n) is 11.4. The number of fused-ring (bicyclic) bond motifs is 7. The molecule has 6 aromatic carbocycles. The fourth-order valence-corrected chi connectivity index (χ4v) is 8.43. The largest absolute Gasteiger partial charge is 0.508 e. The molecule has 0 aliphatic carbocycles. The van der Waals surface area contributed by atoms with Crippen LogP contribution in [0.4, 0.5) is 0 Å². The quantitative estimate of drug-likeness (QED) is 0.112. The third-order valence-corrected chi connectivity index (χ3v) is 11.4. The maximum Gasteiger partial charge on any atom is 0.357 e. The molecule has 21 nitrogen and oxygen atoms in total. The van der Waals surface area contributed by atoms with Crippen LogP contribution in [0.3, 0.4) is 0 Å². The number of Topliss-reactive ketones (excluding diaryl/α,β-unsaturated/α-hetero) is 2. The minimum absolute atomic E-state index is 0.134. The first-order chi connectivity index (χ1) is 31.3. The molecule has 0 radical (unpaired) electrons. The number of phenols is 8. The number of carbonyl (C=O) groups excluding carboxylic acids is 2. The molecule has 11 N–H and O–H groups in total. The van der Waals surface area contributed by atoms with Crippen molar-refractivity contribution in [1.82, 2.24) is 0 Å². The van der Waals surface area contributed by atoms with E-state index in [4.69, 9.17) is 32.8 Å². The number of aromatic hydroxyl groups is 9. The van der Waals surface area contributed by atoms with E-state index in [2.05, 4.69) is 0 Å².